The van der Waals surface area contributed by atoms with E-state index >= 15 is 0 Å². The van der Waals surface area contributed by atoms with Gasteiger partial charge in [0, 0.05) is 48.1 Å². The number of urea groups is 1. The van der Waals surface area contributed by atoms with Gasteiger partial charge in [-0.25, -0.2) is 13.2 Å². The van der Waals surface area contributed by atoms with Crippen LogP contribution in [0.25, 0.3) is 0 Å². The summed E-state index contributed by atoms with van der Waals surface area (Å²) < 4.78 is 32.1. The summed E-state index contributed by atoms with van der Waals surface area (Å²) >= 11 is 3.44. The highest BCUT2D eigenvalue weighted by atomic mass is 79.9. The Morgan fingerprint density at radius 3 is 2.07 bits per heavy atom. The molecule has 1 heterocycles. The molecule has 11 heteroatoms. The van der Waals surface area contributed by atoms with Crippen LogP contribution in [-0.4, -0.2) is 56.2 Å². The van der Waals surface area contributed by atoms with Crippen molar-refractivity contribution in [3.63, 3.8) is 0 Å². The van der Waals surface area contributed by atoms with E-state index in [1.165, 1.54) is 5.56 Å². The van der Waals surface area contributed by atoms with Crippen LogP contribution < -0.4 is 14.8 Å². The van der Waals surface area contributed by atoms with E-state index in [0.29, 0.717) is 11.4 Å². The average molecular weight is 666 g/mol. The van der Waals surface area contributed by atoms with Crippen molar-refractivity contribution < 1.29 is 17.9 Å². The summed E-state index contributed by atoms with van der Waals surface area (Å²) in [5.74, 6) is 1.35. The van der Waals surface area contributed by atoms with Crippen LogP contribution in [0.4, 0.5) is 16.2 Å². The van der Waals surface area contributed by atoms with Crippen LogP contribution in [0.3, 0.4) is 0 Å². The van der Waals surface area contributed by atoms with E-state index in [9.17, 15) is 13.2 Å². The Hall–Kier alpha value is -2.79. The predicted molar refractivity (Wildman–Crippen MR) is 172 cm³/mol. The van der Waals surface area contributed by atoms with Crippen LogP contribution in [0.15, 0.2) is 77.3 Å². The molecule has 4 rings (SSSR count). The number of nitrogens with one attached hydrogen (secondary N) is 2. The molecule has 1 aliphatic heterocycles. The van der Waals surface area contributed by atoms with Crippen LogP contribution in [0.2, 0.25) is 0 Å². The van der Waals surface area contributed by atoms with Crippen molar-refractivity contribution in [3.05, 3.63) is 82.8 Å². The molecule has 2 amide bonds. The Balaban J connectivity index is 0.00000462. The van der Waals surface area contributed by atoms with Crippen molar-refractivity contribution in [3.8, 4) is 11.5 Å². The number of ether oxygens (including phenoxy) is 1. The first-order chi connectivity index (χ1) is 19.2. The van der Waals surface area contributed by atoms with Crippen molar-refractivity contribution in [2.75, 3.05) is 35.9 Å². The zero-order chi connectivity index (χ0) is 28.5. The molecule has 2 N–H and O–H groups in total. The van der Waals surface area contributed by atoms with Crippen LogP contribution in [0.5, 0.6) is 11.5 Å². The summed E-state index contributed by atoms with van der Waals surface area (Å²) in [6, 6.07) is 22.7. The van der Waals surface area contributed by atoms with Crippen LogP contribution >= 0.6 is 28.3 Å². The molecule has 0 saturated carbocycles. The molecular formula is C30H38BrClN4O4S. The molecule has 3 aromatic carbocycles. The fourth-order valence-corrected chi connectivity index (χ4v) is 5.59. The number of anilines is 2. The highest BCUT2D eigenvalue weighted by Crippen LogP contribution is 2.25. The van der Waals surface area contributed by atoms with E-state index in [0.717, 1.165) is 74.0 Å². The molecule has 3 aromatic rings. The maximum absolute atomic E-state index is 13.2. The molecule has 0 atom stereocenters. The van der Waals surface area contributed by atoms with Gasteiger partial charge in [0.2, 0.25) is 10.0 Å². The average Bonchev–Trinajstić information content (AvgIpc) is 2.92. The number of carbonyl (C=O) groups excluding carboxylic acids is 1. The summed E-state index contributed by atoms with van der Waals surface area (Å²) in [5.41, 5.74) is 2.50. The van der Waals surface area contributed by atoms with E-state index in [2.05, 4.69) is 49.9 Å². The van der Waals surface area contributed by atoms with Crippen LogP contribution in [-0.2, 0) is 16.6 Å². The van der Waals surface area contributed by atoms with Gasteiger partial charge in [-0.05, 0) is 85.5 Å². The monoisotopic (exact) mass is 664 g/mol. The minimum absolute atomic E-state index is 0. The molecule has 0 spiro atoms. The fourth-order valence-electron chi connectivity index (χ4n) is 4.76. The number of hydrogen-bond donors (Lipinski definition) is 2. The molecule has 0 unspecified atom stereocenters. The number of rotatable bonds is 11. The Morgan fingerprint density at radius 2 is 1.51 bits per heavy atom. The minimum atomic E-state index is -3.31. The summed E-state index contributed by atoms with van der Waals surface area (Å²) in [6.45, 7) is 5.63. The van der Waals surface area contributed by atoms with E-state index in [1.807, 2.05) is 41.3 Å². The molecule has 1 fully saturated rings. The van der Waals surface area contributed by atoms with E-state index in [-0.39, 0.29) is 24.5 Å². The standard InChI is InChI=1S/C30H37BrN4O4S.ClH/c1-3-4-19-35(30(36)32-25-9-7-24(31)8-10-25)27-17-20-34(21-18-27)22-23-5-13-28(14-6-23)39-29-15-11-26(12-16-29)33-40(2,37)38;/h5-16,27,33H,3-4,17-22H2,1-2H3,(H,32,36);1H. The Kier molecular flexibility index (Phi) is 12.3. The number of halogens is 2. The molecule has 8 nitrogen and oxygen atoms in total. The largest absolute Gasteiger partial charge is 0.457 e. The summed E-state index contributed by atoms with van der Waals surface area (Å²) in [6.07, 6.45) is 5.05. The first-order valence-corrected chi connectivity index (χ1v) is 16.3. The van der Waals surface area contributed by atoms with Gasteiger partial charge in [-0.3, -0.25) is 9.62 Å². The van der Waals surface area contributed by atoms with Gasteiger partial charge < -0.3 is 15.0 Å². The molecule has 0 bridgehead atoms. The van der Waals surface area contributed by atoms with Gasteiger partial charge in [0.25, 0.3) is 0 Å². The maximum Gasteiger partial charge on any atom is 0.322 e. The zero-order valence-corrected chi connectivity index (χ0v) is 26.6. The fraction of sp³-hybridized carbons (Fsp3) is 0.367. The lowest BCUT2D eigenvalue weighted by molar-refractivity contribution is 0.122. The number of hydrogen-bond acceptors (Lipinski definition) is 5. The third-order valence-electron chi connectivity index (χ3n) is 6.83. The number of piperidine rings is 1. The molecule has 222 valence electrons. The number of amides is 2. The van der Waals surface area contributed by atoms with Gasteiger partial charge in [0.1, 0.15) is 11.5 Å². The normalized spacial score (nSPS) is 14.1. The third-order valence-corrected chi connectivity index (χ3v) is 7.96. The number of sulfonamides is 1. The first-order valence-electron chi connectivity index (χ1n) is 13.6. The second-order valence-corrected chi connectivity index (χ2v) is 12.8. The lowest BCUT2D eigenvalue weighted by Gasteiger charge is -2.38. The predicted octanol–water partition coefficient (Wildman–Crippen LogP) is 7.33. The molecule has 1 saturated heterocycles. The van der Waals surface area contributed by atoms with Crippen molar-refractivity contribution >= 4 is 55.8 Å². The summed E-state index contributed by atoms with van der Waals surface area (Å²) in [7, 11) is -3.31. The third kappa shape index (κ3) is 10.5. The van der Waals surface area contributed by atoms with E-state index in [1.54, 1.807) is 24.3 Å². The number of benzene rings is 3. The van der Waals surface area contributed by atoms with Crippen LogP contribution in [0, 0.1) is 0 Å². The lowest BCUT2D eigenvalue weighted by atomic mass is 10.0. The molecule has 1 aliphatic rings. The molecule has 41 heavy (non-hydrogen) atoms. The van der Waals surface area contributed by atoms with Gasteiger partial charge in [0.05, 0.1) is 6.26 Å². The van der Waals surface area contributed by atoms with Crippen molar-refractivity contribution in [2.24, 2.45) is 0 Å². The molecule has 0 aliphatic carbocycles. The zero-order valence-electron chi connectivity index (χ0n) is 23.4. The van der Waals surface area contributed by atoms with Gasteiger partial charge in [-0.2, -0.15) is 0 Å². The topological polar surface area (TPSA) is 91.0 Å². The van der Waals surface area contributed by atoms with E-state index < -0.39 is 10.0 Å². The number of carbonyl (C=O) groups is 1. The lowest BCUT2D eigenvalue weighted by Crippen LogP contribution is -2.49. The van der Waals surface area contributed by atoms with Crippen molar-refractivity contribution in [1.82, 2.24) is 9.80 Å². The maximum atomic E-state index is 13.2. The minimum Gasteiger partial charge on any atom is -0.457 e. The van der Waals surface area contributed by atoms with Gasteiger partial charge in [-0.15, -0.1) is 12.4 Å². The summed E-state index contributed by atoms with van der Waals surface area (Å²) in [5, 5.41) is 3.07. The molecule has 0 aromatic heterocycles. The highest BCUT2D eigenvalue weighted by molar-refractivity contribution is 9.10. The number of unbranched alkanes of at least 4 members (excludes halogenated alkanes) is 1. The van der Waals surface area contributed by atoms with Gasteiger partial charge in [0.15, 0.2) is 0 Å². The van der Waals surface area contributed by atoms with Crippen LogP contribution in [0.1, 0.15) is 38.2 Å². The summed E-state index contributed by atoms with van der Waals surface area (Å²) in [4.78, 5) is 17.6. The Bertz CT molecular complexity index is 1350. The number of nitrogens with zero attached hydrogens (tertiary/aromatic N) is 2. The SMILES string of the molecule is CCCCN(C(=O)Nc1ccc(Br)cc1)C1CCN(Cc2ccc(Oc3ccc(NS(C)(=O)=O)cc3)cc2)CC1.Cl. The van der Waals surface area contributed by atoms with Crippen molar-refractivity contribution in [1.29, 1.82) is 0 Å². The van der Waals surface area contributed by atoms with Gasteiger partial charge in [-0.1, -0.05) is 41.4 Å². The molecular weight excluding hydrogens is 628 g/mol. The smallest absolute Gasteiger partial charge is 0.322 e. The van der Waals surface area contributed by atoms with E-state index in [4.69, 9.17) is 4.74 Å². The highest BCUT2D eigenvalue weighted by Gasteiger charge is 2.27. The number of likely N-dealkylation sites (tertiary alicyclic amines) is 1. The quantitative estimate of drug-likeness (QED) is 0.224. The van der Waals surface area contributed by atoms with Crippen molar-refractivity contribution in [2.45, 2.75) is 45.2 Å². The Morgan fingerprint density at radius 1 is 0.951 bits per heavy atom. The second kappa shape index (κ2) is 15.4. The second-order valence-electron chi connectivity index (χ2n) is 10.1. The molecule has 0 radical (unpaired) electrons. The Labute approximate surface area is 258 Å². The first kappa shape index (κ1) is 32.7. The van der Waals surface area contributed by atoms with Gasteiger partial charge >= 0.3 is 6.03 Å².